The van der Waals surface area contributed by atoms with Gasteiger partial charge in [-0.15, -0.1) is 0 Å². The summed E-state index contributed by atoms with van der Waals surface area (Å²) < 4.78 is 16.3. The molecule has 0 aromatic heterocycles. The molecule has 3 rings (SSSR count). The second kappa shape index (κ2) is 9.92. The molecule has 1 N–H and O–H groups in total. The van der Waals surface area contributed by atoms with Crippen molar-refractivity contribution in [2.24, 2.45) is 5.92 Å². The third kappa shape index (κ3) is 6.37. The maximum absolute atomic E-state index is 12.4. The molecule has 1 amide bonds. The molecule has 0 spiro atoms. The van der Waals surface area contributed by atoms with Crippen LogP contribution in [0.25, 0.3) is 0 Å². The van der Waals surface area contributed by atoms with E-state index in [9.17, 15) is 4.79 Å². The monoisotopic (exact) mass is 377 g/mol. The zero-order valence-electron chi connectivity index (χ0n) is 16.4. The molecule has 1 fully saturated rings. The number of carbonyl (C=O) groups excluding carboxylic acids is 1. The molecule has 2 aliphatic rings. The fraction of sp³-hybridized carbons (Fsp3) is 0.650. The van der Waals surface area contributed by atoms with Gasteiger partial charge in [-0.25, -0.2) is 0 Å². The van der Waals surface area contributed by atoms with Crippen LogP contribution in [0.5, 0.6) is 11.5 Å². The average Bonchev–Trinajstić information content (AvgIpc) is 3.13. The molecule has 0 saturated carbocycles. The van der Waals surface area contributed by atoms with Crippen LogP contribution in [-0.2, 0) is 16.1 Å². The Morgan fingerprint density at radius 2 is 2.00 bits per heavy atom. The van der Waals surface area contributed by atoms with E-state index in [1.54, 1.807) is 0 Å². The van der Waals surface area contributed by atoms with Gasteiger partial charge in [-0.3, -0.25) is 14.6 Å². The van der Waals surface area contributed by atoms with Crippen LogP contribution >= 0.6 is 0 Å². The summed E-state index contributed by atoms with van der Waals surface area (Å²) in [6.45, 7) is 11.5. The van der Waals surface area contributed by atoms with Crippen molar-refractivity contribution in [3.8, 4) is 11.5 Å². The lowest BCUT2D eigenvalue weighted by atomic mass is 10.2. The lowest BCUT2D eigenvalue weighted by Gasteiger charge is -2.30. The number of carbonyl (C=O) groups is 1. The first-order valence-corrected chi connectivity index (χ1v) is 9.78. The molecule has 1 aromatic carbocycles. The number of benzene rings is 1. The summed E-state index contributed by atoms with van der Waals surface area (Å²) in [5, 5.41) is 3.02. The Morgan fingerprint density at radius 1 is 1.22 bits per heavy atom. The Bertz CT molecular complexity index is 617. The Hall–Kier alpha value is -1.83. The summed E-state index contributed by atoms with van der Waals surface area (Å²) in [5.41, 5.74) is 1.12. The number of rotatable bonds is 9. The number of nitrogens with zero attached hydrogens (tertiary/aromatic N) is 2. The SMILES string of the molecule is CC(C)CNC(=O)CN(CCN1CCOCC1)Cc1ccc2c(c1)OCO2. The van der Waals surface area contributed by atoms with E-state index in [0.717, 1.165) is 56.5 Å². The number of hydrogen-bond acceptors (Lipinski definition) is 6. The Labute approximate surface area is 161 Å². The normalized spacial score (nSPS) is 16.9. The van der Waals surface area contributed by atoms with E-state index < -0.39 is 0 Å². The zero-order valence-corrected chi connectivity index (χ0v) is 16.4. The summed E-state index contributed by atoms with van der Waals surface area (Å²) >= 11 is 0. The molecule has 0 aliphatic carbocycles. The van der Waals surface area contributed by atoms with Gasteiger partial charge in [-0.05, 0) is 23.6 Å². The third-order valence-corrected chi connectivity index (χ3v) is 4.75. The van der Waals surface area contributed by atoms with E-state index >= 15 is 0 Å². The minimum absolute atomic E-state index is 0.0754. The third-order valence-electron chi connectivity index (χ3n) is 4.75. The molecule has 7 nitrogen and oxygen atoms in total. The van der Waals surface area contributed by atoms with Gasteiger partial charge in [-0.1, -0.05) is 19.9 Å². The zero-order chi connectivity index (χ0) is 19.1. The maximum Gasteiger partial charge on any atom is 0.234 e. The molecule has 0 bridgehead atoms. The molecule has 150 valence electrons. The van der Waals surface area contributed by atoms with Crippen molar-refractivity contribution >= 4 is 5.91 Å². The summed E-state index contributed by atoms with van der Waals surface area (Å²) in [6, 6.07) is 5.99. The topological polar surface area (TPSA) is 63.3 Å². The first kappa shape index (κ1) is 19.9. The van der Waals surface area contributed by atoms with Crippen LogP contribution in [0.3, 0.4) is 0 Å². The van der Waals surface area contributed by atoms with Crippen molar-refractivity contribution in [1.29, 1.82) is 0 Å². The Balaban J connectivity index is 1.58. The first-order valence-electron chi connectivity index (χ1n) is 9.78. The minimum Gasteiger partial charge on any atom is -0.454 e. The fourth-order valence-electron chi connectivity index (χ4n) is 3.20. The van der Waals surface area contributed by atoms with Gasteiger partial charge in [0.15, 0.2) is 11.5 Å². The summed E-state index contributed by atoms with van der Waals surface area (Å²) in [7, 11) is 0. The number of ether oxygens (including phenoxy) is 3. The summed E-state index contributed by atoms with van der Waals surface area (Å²) in [5.74, 6) is 2.09. The van der Waals surface area contributed by atoms with Crippen LogP contribution in [0.1, 0.15) is 19.4 Å². The number of hydrogen-bond donors (Lipinski definition) is 1. The van der Waals surface area contributed by atoms with E-state index in [4.69, 9.17) is 14.2 Å². The van der Waals surface area contributed by atoms with Crippen molar-refractivity contribution in [3.05, 3.63) is 23.8 Å². The van der Waals surface area contributed by atoms with Gasteiger partial charge in [-0.2, -0.15) is 0 Å². The standard InChI is InChI=1S/C20H31N3O4/c1-16(2)12-21-20(24)14-23(6-5-22-7-9-25-10-8-22)13-17-3-4-18-19(11-17)27-15-26-18/h3-4,11,16H,5-10,12-15H2,1-2H3,(H,21,24). The van der Waals surface area contributed by atoms with E-state index in [0.29, 0.717) is 25.6 Å². The van der Waals surface area contributed by atoms with Gasteiger partial charge in [0, 0.05) is 39.3 Å². The fourth-order valence-corrected chi connectivity index (χ4v) is 3.20. The molecule has 7 heteroatoms. The van der Waals surface area contributed by atoms with Gasteiger partial charge < -0.3 is 19.5 Å². The van der Waals surface area contributed by atoms with Crippen molar-refractivity contribution in [2.45, 2.75) is 20.4 Å². The van der Waals surface area contributed by atoms with Gasteiger partial charge >= 0.3 is 0 Å². The quantitative estimate of drug-likeness (QED) is 0.700. The predicted molar refractivity (Wildman–Crippen MR) is 103 cm³/mol. The number of morpholine rings is 1. The van der Waals surface area contributed by atoms with E-state index in [-0.39, 0.29) is 12.7 Å². The van der Waals surface area contributed by atoms with Gasteiger partial charge in [0.05, 0.1) is 19.8 Å². The van der Waals surface area contributed by atoms with Gasteiger partial charge in [0.25, 0.3) is 0 Å². The molecular weight excluding hydrogens is 346 g/mol. The second-order valence-electron chi connectivity index (χ2n) is 7.55. The molecule has 1 aromatic rings. The van der Waals surface area contributed by atoms with Crippen LogP contribution in [0, 0.1) is 5.92 Å². The lowest BCUT2D eigenvalue weighted by Crippen LogP contribution is -2.44. The van der Waals surface area contributed by atoms with Crippen LogP contribution in [-0.4, -0.2) is 75.0 Å². The number of nitrogens with one attached hydrogen (secondary N) is 1. The van der Waals surface area contributed by atoms with Crippen LogP contribution in [0.4, 0.5) is 0 Å². The highest BCUT2D eigenvalue weighted by atomic mass is 16.7. The highest BCUT2D eigenvalue weighted by molar-refractivity contribution is 5.78. The Kier molecular flexibility index (Phi) is 7.32. The largest absolute Gasteiger partial charge is 0.454 e. The van der Waals surface area contributed by atoms with Crippen molar-refractivity contribution in [1.82, 2.24) is 15.1 Å². The lowest BCUT2D eigenvalue weighted by molar-refractivity contribution is -0.122. The van der Waals surface area contributed by atoms with Crippen molar-refractivity contribution in [2.75, 3.05) is 59.3 Å². The molecule has 27 heavy (non-hydrogen) atoms. The van der Waals surface area contributed by atoms with E-state index in [2.05, 4.69) is 29.0 Å². The van der Waals surface area contributed by atoms with Gasteiger partial charge in [0.1, 0.15) is 0 Å². The molecule has 0 unspecified atom stereocenters. The smallest absolute Gasteiger partial charge is 0.234 e. The number of fused-ring (bicyclic) bond motifs is 1. The van der Waals surface area contributed by atoms with E-state index in [1.807, 2.05) is 18.2 Å². The highest BCUT2D eigenvalue weighted by Crippen LogP contribution is 2.32. The Morgan fingerprint density at radius 3 is 2.78 bits per heavy atom. The second-order valence-corrected chi connectivity index (χ2v) is 7.55. The molecule has 1 saturated heterocycles. The predicted octanol–water partition coefficient (Wildman–Crippen LogP) is 1.32. The van der Waals surface area contributed by atoms with Crippen LogP contribution in [0.2, 0.25) is 0 Å². The average molecular weight is 377 g/mol. The van der Waals surface area contributed by atoms with Crippen molar-refractivity contribution in [3.63, 3.8) is 0 Å². The maximum atomic E-state index is 12.4. The number of amides is 1. The molecule has 2 aliphatic heterocycles. The van der Waals surface area contributed by atoms with Crippen LogP contribution in [0.15, 0.2) is 18.2 Å². The van der Waals surface area contributed by atoms with Crippen LogP contribution < -0.4 is 14.8 Å². The summed E-state index contributed by atoms with van der Waals surface area (Å²) in [4.78, 5) is 16.9. The minimum atomic E-state index is 0.0754. The molecule has 0 radical (unpaired) electrons. The first-order chi connectivity index (χ1) is 13.1. The highest BCUT2D eigenvalue weighted by Gasteiger charge is 2.18. The summed E-state index contributed by atoms with van der Waals surface area (Å²) in [6.07, 6.45) is 0. The van der Waals surface area contributed by atoms with Gasteiger partial charge in [0.2, 0.25) is 12.7 Å². The molecular formula is C20H31N3O4. The van der Waals surface area contributed by atoms with Crippen molar-refractivity contribution < 1.29 is 19.0 Å². The van der Waals surface area contributed by atoms with E-state index in [1.165, 1.54) is 0 Å². The molecule has 0 atom stereocenters. The molecule has 2 heterocycles.